The van der Waals surface area contributed by atoms with Crippen molar-refractivity contribution in [2.75, 3.05) is 6.54 Å². The first kappa shape index (κ1) is 15.1. The van der Waals surface area contributed by atoms with Crippen molar-refractivity contribution in [3.05, 3.63) is 17.4 Å². The van der Waals surface area contributed by atoms with Crippen molar-refractivity contribution in [3.63, 3.8) is 0 Å². The van der Waals surface area contributed by atoms with Crippen LogP contribution >= 0.6 is 11.3 Å². The lowest BCUT2D eigenvalue weighted by atomic mass is 9.96. The zero-order valence-electron chi connectivity index (χ0n) is 12.5. The van der Waals surface area contributed by atoms with Gasteiger partial charge in [-0.15, -0.1) is 11.3 Å². The summed E-state index contributed by atoms with van der Waals surface area (Å²) in [6, 6.07) is 0.151. The Morgan fingerprint density at radius 1 is 1.59 bits per heavy atom. The molecule has 3 heterocycles. The molecule has 0 aromatic carbocycles. The number of carbonyl (C=O) groups excluding carboxylic acids is 1. The van der Waals surface area contributed by atoms with E-state index in [-0.39, 0.29) is 18.0 Å². The summed E-state index contributed by atoms with van der Waals surface area (Å²) in [4.78, 5) is 23.0. The molecular formula is C14H20N6OS. The molecule has 2 unspecified atom stereocenters. The van der Waals surface area contributed by atoms with Gasteiger partial charge in [0.15, 0.2) is 10.8 Å². The minimum atomic E-state index is 0.00411. The highest BCUT2D eigenvalue weighted by Crippen LogP contribution is 2.23. The van der Waals surface area contributed by atoms with Crippen molar-refractivity contribution in [1.82, 2.24) is 25.1 Å². The van der Waals surface area contributed by atoms with Gasteiger partial charge in [0, 0.05) is 24.0 Å². The molecule has 22 heavy (non-hydrogen) atoms. The zero-order chi connectivity index (χ0) is 15.5. The number of carbonyl (C=O) groups is 1. The molecule has 8 heteroatoms. The maximum atomic E-state index is 12.6. The van der Waals surface area contributed by atoms with Gasteiger partial charge in [-0.3, -0.25) is 9.89 Å². The Balaban J connectivity index is 1.68. The number of aromatic nitrogens is 4. The summed E-state index contributed by atoms with van der Waals surface area (Å²) in [6.07, 6.45) is 4.94. The third-order valence-electron chi connectivity index (χ3n) is 3.98. The molecule has 0 spiro atoms. The summed E-state index contributed by atoms with van der Waals surface area (Å²) in [5.41, 5.74) is 6.80. The van der Waals surface area contributed by atoms with Gasteiger partial charge in [-0.1, -0.05) is 0 Å². The van der Waals surface area contributed by atoms with Crippen molar-refractivity contribution in [3.8, 4) is 10.8 Å². The Morgan fingerprint density at radius 3 is 3.18 bits per heavy atom. The Bertz CT molecular complexity index is 623. The fourth-order valence-electron chi connectivity index (χ4n) is 2.88. The Labute approximate surface area is 133 Å². The maximum absolute atomic E-state index is 12.6. The quantitative estimate of drug-likeness (QED) is 0.881. The van der Waals surface area contributed by atoms with Crippen molar-refractivity contribution >= 4 is 17.2 Å². The highest BCUT2D eigenvalue weighted by Gasteiger charge is 2.29. The molecule has 1 amide bonds. The summed E-state index contributed by atoms with van der Waals surface area (Å²) in [5.74, 6) is 0.742. The fraction of sp³-hybridized carbons (Fsp3) is 0.571. The largest absolute Gasteiger partial charge is 0.338 e. The molecule has 1 fully saturated rings. The topological polar surface area (TPSA) is 101 Å². The predicted molar refractivity (Wildman–Crippen MR) is 84.2 cm³/mol. The molecule has 0 saturated carbocycles. The highest BCUT2D eigenvalue weighted by molar-refractivity contribution is 7.13. The van der Waals surface area contributed by atoms with Gasteiger partial charge in [0.25, 0.3) is 0 Å². The zero-order valence-corrected chi connectivity index (χ0v) is 13.3. The molecule has 0 radical (unpaired) electrons. The molecule has 3 rings (SSSR count). The molecule has 3 N–H and O–H groups in total. The SMILES string of the molecule is CC(N)C1CCCCN1C(=O)Cc1csc(-c2ncn[nH]2)n1. The molecule has 1 saturated heterocycles. The van der Waals surface area contributed by atoms with E-state index in [9.17, 15) is 4.79 Å². The summed E-state index contributed by atoms with van der Waals surface area (Å²) < 4.78 is 0. The molecule has 7 nitrogen and oxygen atoms in total. The first-order valence-electron chi connectivity index (χ1n) is 7.50. The minimum absolute atomic E-state index is 0.00411. The molecule has 2 aromatic heterocycles. The average Bonchev–Trinajstić information content (AvgIpc) is 3.17. The minimum Gasteiger partial charge on any atom is -0.338 e. The lowest BCUT2D eigenvalue weighted by Gasteiger charge is -2.38. The number of rotatable bonds is 4. The fourth-order valence-corrected chi connectivity index (χ4v) is 3.64. The second-order valence-electron chi connectivity index (χ2n) is 5.66. The molecule has 1 aliphatic rings. The number of nitrogens with zero attached hydrogens (tertiary/aromatic N) is 4. The number of thiazole rings is 1. The summed E-state index contributed by atoms with van der Waals surface area (Å²) in [5, 5.41) is 9.25. The van der Waals surface area contributed by atoms with Crippen LogP contribution < -0.4 is 5.73 Å². The number of nitrogens with one attached hydrogen (secondary N) is 1. The number of nitrogens with two attached hydrogens (primary N) is 1. The van der Waals surface area contributed by atoms with Gasteiger partial charge in [-0.25, -0.2) is 9.97 Å². The van der Waals surface area contributed by atoms with Crippen molar-refractivity contribution in [2.24, 2.45) is 5.73 Å². The maximum Gasteiger partial charge on any atom is 0.228 e. The number of amides is 1. The van der Waals surface area contributed by atoms with E-state index in [0.29, 0.717) is 12.2 Å². The summed E-state index contributed by atoms with van der Waals surface area (Å²) >= 11 is 1.46. The molecule has 2 atom stereocenters. The van der Waals surface area contributed by atoms with Crippen LogP contribution in [-0.2, 0) is 11.2 Å². The van der Waals surface area contributed by atoms with Crippen LogP contribution in [0, 0.1) is 0 Å². The number of H-pyrrole nitrogens is 1. The van der Waals surface area contributed by atoms with Crippen LogP contribution in [0.4, 0.5) is 0 Å². The lowest BCUT2D eigenvalue weighted by molar-refractivity contribution is -0.134. The van der Waals surface area contributed by atoms with Crippen LogP contribution in [0.25, 0.3) is 10.8 Å². The molecule has 118 valence electrons. The second-order valence-corrected chi connectivity index (χ2v) is 6.52. The Morgan fingerprint density at radius 2 is 2.45 bits per heavy atom. The molecule has 2 aromatic rings. The second kappa shape index (κ2) is 6.53. The molecule has 1 aliphatic heterocycles. The lowest BCUT2D eigenvalue weighted by Crippen LogP contribution is -2.52. The standard InChI is InChI=1S/C14H20N6OS/c1-9(15)11-4-2-3-5-20(11)12(21)6-10-7-22-14(18-10)13-16-8-17-19-13/h7-9,11H,2-6,15H2,1H3,(H,16,17,19). The molecule has 0 aliphatic carbocycles. The van der Waals surface area contributed by atoms with E-state index < -0.39 is 0 Å². The van der Waals surface area contributed by atoms with E-state index in [1.165, 1.54) is 17.7 Å². The van der Waals surface area contributed by atoms with Crippen LogP contribution in [0.3, 0.4) is 0 Å². The van der Waals surface area contributed by atoms with Gasteiger partial charge < -0.3 is 10.6 Å². The van der Waals surface area contributed by atoms with Gasteiger partial charge in [0.2, 0.25) is 5.91 Å². The molecular weight excluding hydrogens is 300 g/mol. The van der Waals surface area contributed by atoms with E-state index in [1.807, 2.05) is 17.2 Å². The van der Waals surface area contributed by atoms with Crippen molar-refractivity contribution in [1.29, 1.82) is 0 Å². The molecule has 0 bridgehead atoms. The highest BCUT2D eigenvalue weighted by atomic mass is 32.1. The van der Waals surface area contributed by atoms with Crippen LogP contribution in [0.1, 0.15) is 31.9 Å². The van der Waals surface area contributed by atoms with E-state index in [2.05, 4.69) is 20.2 Å². The van der Waals surface area contributed by atoms with Gasteiger partial charge in [-0.2, -0.15) is 5.10 Å². The smallest absolute Gasteiger partial charge is 0.228 e. The third kappa shape index (κ3) is 3.17. The number of hydrogen-bond donors (Lipinski definition) is 2. The van der Waals surface area contributed by atoms with E-state index in [0.717, 1.165) is 36.5 Å². The number of aromatic amines is 1. The van der Waals surface area contributed by atoms with Crippen molar-refractivity contribution < 1.29 is 4.79 Å². The van der Waals surface area contributed by atoms with Crippen LogP contribution in [0.15, 0.2) is 11.7 Å². The number of piperidine rings is 1. The Hall–Kier alpha value is -1.80. The third-order valence-corrected chi connectivity index (χ3v) is 4.88. The van der Waals surface area contributed by atoms with E-state index >= 15 is 0 Å². The van der Waals surface area contributed by atoms with Gasteiger partial charge in [0.1, 0.15) is 6.33 Å². The first-order valence-corrected chi connectivity index (χ1v) is 8.38. The van der Waals surface area contributed by atoms with Crippen LogP contribution in [0.5, 0.6) is 0 Å². The van der Waals surface area contributed by atoms with Crippen molar-refractivity contribution in [2.45, 2.75) is 44.7 Å². The normalized spacial score (nSPS) is 20.1. The van der Waals surface area contributed by atoms with Gasteiger partial charge >= 0.3 is 0 Å². The van der Waals surface area contributed by atoms with Gasteiger partial charge in [-0.05, 0) is 26.2 Å². The Kier molecular flexibility index (Phi) is 4.49. The monoisotopic (exact) mass is 320 g/mol. The van der Waals surface area contributed by atoms with Crippen LogP contribution in [0.2, 0.25) is 0 Å². The summed E-state index contributed by atoms with van der Waals surface area (Å²) in [6.45, 7) is 2.77. The number of likely N-dealkylation sites (tertiary alicyclic amines) is 1. The van der Waals surface area contributed by atoms with E-state index in [1.54, 1.807) is 0 Å². The van der Waals surface area contributed by atoms with Crippen LogP contribution in [-0.4, -0.2) is 49.6 Å². The van der Waals surface area contributed by atoms with E-state index in [4.69, 9.17) is 5.73 Å². The van der Waals surface area contributed by atoms with Gasteiger partial charge in [0.05, 0.1) is 12.1 Å². The number of hydrogen-bond acceptors (Lipinski definition) is 6. The summed E-state index contributed by atoms with van der Waals surface area (Å²) in [7, 11) is 0. The predicted octanol–water partition coefficient (Wildman–Crippen LogP) is 1.20. The average molecular weight is 320 g/mol. The first-order chi connectivity index (χ1) is 10.6.